The molecule has 0 radical (unpaired) electrons. The van der Waals surface area contributed by atoms with Gasteiger partial charge in [0.15, 0.2) is 0 Å². The maximum atomic E-state index is 13.0. The number of piperidine rings is 1. The van der Waals surface area contributed by atoms with Crippen molar-refractivity contribution in [1.82, 2.24) is 14.3 Å². The first-order chi connectivity index (χ1) is 12.5. The third-order valence-corrected chi connectivity index (χ3v) is 6.15. The minimum Gasteiger partial charge on any atom is -0.497 e. The molecule has 2 heterocycles. The third kappa shape index (κ3) is 3.88. The Morgan fingerprint density at radius 3 is 2.50 bits per heavy atom. The van der Waals surface area contributed by atoms with Gasteiger partial charge >= 0.3 is 0 Å². The molecular formula is C17H21N3O5S. The first-order valence-corrected chi connectivity index (χ1v) is 9.63. The lowest BCUT2D eigenvalue weighted by Gasteiger charge is -2.31. The second kappa shape index (κ2) is 7.88. The van der Waals surface area contributed by atoms with Crippen LogP contribution in [0.15, 0.2) is 41.7 Å². The molecule has 1 saturated heterocycles. The highest BCUT2D eigenvalue weighted by Gasteiger charge is 2.32. The van der Waals surface area contributed by atoms with Gasteiger partial charge in [0.25, 0.3) is 0 Å². The molecule has 0 atom stereocenters. The fourth-order valence-electron chi connectivity index (χ4n) is 2.83. The largest absolute Gasteiger partial charge is 0.497 e. The Balaban J connectivity index is 1.72. The third-order valence-electron chi connectivity index (χ3n) is 4.23. The van der Waals surface area contributed by atoms with Gasteiger partial charge in [0.05, 0.1) is 14.2 Å². The Hall–Kier alpha value is -2.39. The molecule has 0 spiro atoms. The number of rotatable bonds is 6. The first-order valence-electron chi connectivity index (χ1n) is 8.19. The van der Waals surface area contributed by atoms with E-state index in [1.165, 1.54) is 30.9 Å². The van der Waals surface area contributed by atoms with Crippen LogP contribution in [0.2, 0.25) is 0 Å². The number of ether oxygens (including phenoxy) is 3. The monoisotopic (exact) mass is 379 g/mol. The molecule has 26 heavy (non-hydrogen) atoms. The van der Waals surface area contributed by atoms with Crippen LogP contribution < -0.4 is 14.2 Å². The molecule has 9 heteroatoms. The Morgan fingerprint density at radius 2 is 1.88 bits per heavy atom. The minimum atomic E-state index is -3.69. The summed E-state index contributed by atoms with van der Waals surface area (Å²) in [5.41, 5.74) is 0. The molecule has 1 aromatic heterocycles. The number of methoxy groups -OCH3 is 2. The molecule has 0 saturated carbocycles. The van der Waals surface area contributed by atoms with E-state index in [-0.39, 0.29) is 11.0 Å². The van der Waals surface area contributed by atoms with E-state index in [4.69, 9.17) is 14.2 Å². The summed E-state index contributed by atoms with van der Waals surface area (Å²) < 4.78 is 43.7. The van der Waals surface area contributed by atoms with Crippen LogP contribution in [0.1, 0.15) is 12.8 Å². The average Bonchev–Trinajstić information content (AvgIpc) is 2.68. The van der Waals surface area contributed by atoms with E-state index >= 15 is 0 Å². The molecule has 140 valence electrons. The van der Waals surface area contributed by atoms with Crippen molar-refractivity contribution in [3.8, 4) is 17.4 Å². The number of hydrogen-bond acceptors (Lipinski definition) is 7. The lowest BCUT2D eigenvalue weighted by atomic mass is 10.1. The molecule has 0 amide bonds. The van der Waals surface area contributed by atoms with Gasteiger partial charge in [-0.25, -0.2) is 18.4 Å². The van der Waals surface area contributed by atoms with Crippen LogP contribution in [0.5, 0.6) is 17.4 Å². The van der Waals surface area contributed by atoms with E-state index in [0.717, 1.165) is 0 Å². The summed E-state index contributed by atoms with van der Waals surface area (Å²) in [6, 6.07) is 6.43. The van der Waals surface area contributed by atoms with Crippen LogP contribution in [0.25, 0.3) is 0 Å². The molecule has 1 aromatic carbocycles. The van der Waals surface area contributed by atoms with E-state index in [1.807, 2.05) is 0 Å². The van der Waals surface area contributed by atoms with Crippen molar-refractivity contribution in [3.63, 3.8) is 0 Å². The summed E-state index contributed by atoms with van der Waals surface area (Å²) in [5, 5.41) is 0. The van der Waals surface area contributed by atoms with E-state index in [1.54, 1.807) is 24.4 Å². The molecule has 1 aliphatic heterocycles. The molecule has 0 bridgehead atoms. The number of nitrogens with zero attached hydrogens (tertiary/aromatic N) is 3. The molecule has 3 rings (SSSR count). The van der Waals surface area contributed by atoms with Gasteiger partial charge in [-0.3, -0.25) is 0 Å². The second-order valence-electron chi connectivity index (χ2n) is 5.79. The SMILES string of the molecule is COc1ccc(OC)c(S(=O)(=O)N2CCC(Oc3ccncn3)CC2)c1. The lowest BCUT2D eigenvalue weighted by Crippen LogP contribution is -2.41. The van der Waals surface area contributed by atoms with Gasteiger partial charge in [-0.05, 0) is 25.0 Å². The van der Waals surface area contributed by atoms with Gasteiger partial charge < -0.3 is 14.2 Å². The predicted molar refractivity (Wildman–Crippen MR) is 94.0 cm³/mol. The van der Waals surface area contributed by atoms with Crippen molar-refractivity contribution in [1.29, 1.82) is 0 Å². The summed E-state index contributed by atoms with van der Waals surface area (Å²) in [5.74, 6) is 1.26. The maximum absolute atomic E-state index is 13.0. The van der Waals surface area contributed by atoms with Crippen LogP contribution in [0.4, 0.5) is 0 Å². The molecule has 1 aliphatic rings. The zero-order valence-corrected chi connectivity index (χ0v) is 15.5. The molecule has 0 N–H and O–H groups in total. The number of aromatic nitrogens is 2. The highest BCUT2D eigenvalue weighted by atomic mass is 32.2. The normalized spacial score (nSPS) is 16.2. The predicted octanol–water partition coefficient (Wildman–Crippen LogP) is 1.73. The van der Waals surface area contributed by atoms with Gasteiger partial charge in [0.2, 0.25) is 15.9 Å². The fraction of sp³-hybridized carbons (Fsp3) is 0.412. The quantitative estimate of drug-likeness (QED) is 0.755. The van der Waals surface area contributed by atoms with Crippen molar-refractivity contribution in [3.05, 3.63) is 36.8 Å². The fourth-order valence-corrected chi connectivity index (χ4v) is 4.47. The van der Waals surface area contributed by atoms with Crippen LogP contribution in [0, 0.1) is 0 Å². The molecule has 0 unspecified atom stereocenters. The molecular weight excluding hydrogens is 358 g/mol. The van der Waals surface area contributed by atoms with Gasteiger partial charge in [-0.15, -0.1) is 0 Å². The number of sulfonamides is 1. The minimum absolute atomic E-state index is 0.0800. The van der Waals surface area contributed by atoms with Crippen molar-refractivity contribution in [2.75, 3.05) is 27.3 Å². The summed E-state index contributed by atoms with van der Waals surface area (Å²) >= 11 is 0. The summed E-state index contributed by atoms with van der Waals surface area (Å²) in [6.45, 7) is 0.719. The molecule has 0 aliphatic carbocycles. The van der Waals surface area contributed by atoms with Gasteiger partial charge in [0, 0.05) is 31.4 Å². The van der Waals surface area contributed by atoms with E-state index in [2.05, 4.69) is 9.97 Å². The van der Waals surface area contributed by atoms with Crippen molar-refractivity contribution < 1.29 is 22.6 Å². The zero-order chi connectivity index (χ0) is 18.6. The Bertz CT molecular complexity index is 837. The van der Waals surface area contributed by atoms with Crippen molar-refractivity contribution >= 4 is 10.0 Å². The Kier molecular flexibility index (Phi) is 5.58. The Labute approximate surface area is 152 Å². The van der Waals surface area contributed by atoms with Gasteiger partial charge in [0.1, 0.15) is 28.8 Å². The Morgan fingerprint density at radius 1 is 1.12 bits per heavy atom. The highest BCUT2D eigenvalue weighted by molar-refractivity contribution is 7.89. The van der Waals surface area contributed by atoms with Crippen LogP contribution in [0.3, 0.4) is 0 Å². The number of benzene rings is 1. The smallest absolute Gasteiger partial charge is 0.246 e. The first kappa shape index (κ1) is 18.4. The van der Waals surface area contributed by atoms with E-state index in [0.29, 0.717) is 43.3 Å². The molecule has 2 aromatic rings. The van der Waals surface area contributed by atoms with Gasteiger partial charge in [-0.1, -0.05) is 0 Å². The molecule has 8 nitrogen and oxygen atoms in total. The number of hydrogen-bond donors (Lipinski definition) is 0. The van der Waals surface area contributed by atoms with Crippen LogP contribution in [-0.2, 0) is 10.0 Å². The van der Waals surface area contributed by atoms with Gasteiger partial charge in [-0.2, -0.15) is 4.31 Å². The molecule has 1 fully saturated rings. The van der Waals surface area contributed by atoms with Crippen LogP contribution in [-0.4, -0.2) is 56.1 Å². The average molecular weight is 379 g/mol. The van der Waals surface area contributed by atoms with Crippen molar-refractivity contribution in [2.45, 2.75) is 23.8 Å². The lowest BCUT2D eigenvalue weighted by molar-refractivity contribution is 0.129. The summed E-state index contributed by atoms with van der Waals surface area (Å²) in [4.78, 5) is 7.99. The maximum Gasteiger partial charge on any atom is 0.246 e. The van der Waals surface area contributed by atoms with Crippen LogP contribution >= 0.6 is 0 Å². The van der Waals surface area contributed by atoms with Crippen molar-refractivity contribution in [2.24, 2.45) is 0 Å². The second-order valence-corrected chi connectivity index (χ2v) is 7.69. The summed E-state index contributed by atoms with van der Waals surface area (Å²) in [7, 11) is -0.745. The van der Waals surface area contributed by atoms with E-state index < -0.39 is 10.0 Å². The topological polar surface area (TPSA) is 90.9 Å². The standard InChI is InChI=1S/C17H21N3O5S/c1-23-14-3-4-15(24-2)16(11-14)26(21,22)20-9-6-13(7-10-20)25-17-5-8-18-12-19-17/h3-5,8,11-13H,6-7,9-10H2,1-2H3. The highest BCUT2D eigenvalue weighted by Crippen LogP contribution is 2.32. The van der Waals surface area contributed by atoms with E-state index in [9.17, 15) is 8.42 Å². The zero-order valence-electron chi connectivity index (χ0n) is 14.7. The summed E-state index contributed by atoms with van der Waals surface area (Å²) in [6.07, 6.45) is 4.11.